The summed E-state index contributed by atoms with van der Waals surface area (Å²) in [5.41, 5.74) is 0.823. The SMILES string of the molecule is CCCNCc1cc([N+](=O)[O-])ccc1OCCCO. The highest BCUT2D eigenvalue weighted by atomic mass is 16.6. The zero-order valence-corrected chi connectivity index (χ0v) is 11.1. The predicted molar refractivity (Wildman–Crippen MR) is 72.3 cm³/mol. The lowest BCUT2D eigenvalue weighted by Gasteiger charge is -2.11. The summed E-state index contributed by atoms with van der Waals surface area (Å²) in [6.45, 7) is 3.90. The second-order valence-corrected chi connectivity index (χ2v) is 4.15. The molecule has 6 heteroatoms. The van der Waals surface area contributed by atoms with Gasteiger partial charge < -0.3 is 15.2 Å². The van der Waals surface area contributed by atoms with Gasteiger partial charge >= 0.3 is 0 Å². The Labute approximate surface area is 112 Å². The van der Waals surface area contributed by atoms with E-state index in [1.807, 2.05) is 0 Å². The third-order valence-corrected chi connectivity index (χ3v) is 2.56. The second-order valence-electron chi connectivity index (χ2n) is 4.15. The summed E-state index contributed by atoms with van der Waals surface area (Å²) in [6, 6.07) is 4.56. The number of aliphatic hydroxyl groups excluding tert-OH is 1. The summed E-state index contributed by atoms with van der Waals surface area (Å²) in [6.07, 6.45) is 1.54. The highest BCUT2D eigenvalue weighted by Crippen LogP contribution is 2.24. The van der Waals surface area contributed by atoms with Gasteiger partial charge in [-0.25, -0.2) is 0 Å². The predicted octanol–water partition coefficient (Wildman–Crippen LogP) is 1.86. The van der Waals surface area contributed by atoms with Gasteiger partial charge in [-0.1, -0.05) is 6.92 Å². The molecule has 1 aromatic rings. The molecule has 0 fully saturated rings. The Balaban J connectivity index is 2.78. The molecule has 0 heterocycles. The van der Waals surface area contributed by atoms with E-state index in [4.69, 9.17) is 9.84 Å². The molecule has 0 spiro atoms. The molecule has 0 amide bonds. The van der Waals surface area contributed by atoms with Crippen LogP contribution in [0.5, 0.6) is 5.75 Å². The number of hydrogen-bond donors (Lipinski definition) is 2. The van der Waals surface area contributed by atoms with E-state index in [1.54, 1.807) is 6.07 Å². The maximum atomic E-state index is 10.8. The molecular weight excluding hydrogens is 248 g/mol. The molecule has 0 aliphatic rings. The number of non-ortho nitro benzene ring substituents is 1. The van der Waals surface area contributed by atoms with Gasteiger partial charge in [-0.15, -0.1) is 0 Å². The zero-order chi connectivity index (χ0) is 14.1. The van der Waals surface area contributed by atoms with Crippen molar-refractivity contribution < 1.29 is 14.8 Å². The van der Waals surface area contributed by atoms with Gasteiger partial charge in [0.15, 0.2) is 0 Å². The van der Waals surface area contributed by atoms with Crippen molar-refractivity contribution in [1.29, 1.82) is 0 Å². The number of benzene rings is 1. The molecule has 0 aliphatic heterocycles. The molecule has 0 radical (unpaired) electrons. The van der Waals surface area contributed by atoms with E-state index < -0.39 is 4.92 Å². The van der Waals surface area contributed by atoms with Crippen molar-refractivity contribution in [3.8, 4) is 5.75 Å². The quantitative estimate of drug-likeness (QED) is 0.405. The Hall–Kier alpha value is -1.66. The minimum Gasteiger partial charge on any atom is -0.493 e. The Morgan fingerprint density at radius 1 is 1.47 bits per heavy atom. The van der Waals surface area contributed by atoms with Gasteiger partial charge in [-0.3, -0.25) is 10.1 Å². The first kappa shape index (κ1) is 15.4. The molecule has 19 heavy (non-hydrogen) atoms. The fourth-order valence-electron chi connectivity index (χ4n) is 1.60. The minimum atomic E-state index is -0.416. The number of aliphatic hydroxyl groups is 1. The number of hydrogen-bond acceptors (Lipinski definition) is 5. The van der Waals surface area contributed by atoms with E-state index in [2.05, 4.69) is 12.2 Å². The molecule has 0 atom stereocenters. The van der Waals surface area contributed by atoms with Gasteiger partial charge in [0.1, 0.15) is 5.75 Å². The van der Waals surface area contributed by atoms with E-state index in [9.17, 15) is 10.1 Å². The molecule has 1 rings (SSSR count). The molecule has 0 saturated carbocycles. The summed E-state index contributed by atoms with van der Waals surface area (Å²) >= 11 is 0. The zero-order valence-electron chi connectivity index (χ0n) is 11.1. The molecule has 0 aromatic heterocycles. The molecule has 2 N–H and O–H groups in total. The minimum absolute atomic E-state index is 0.0582. The van der Waals surface area contributed by atoms with Crippen LogP contribution < -0.4 is 10.1 Å². The van der Waals surface area contributed by atoms with Gasteiger partial charge in [0.25, 0.3) is 5.69 Å². The smallest absolute Gasteiger partial charge is 0.270 e. The van der Waals surface area contributed by atoms with Crippen molar-refractivity contribution in [1.82, 2.24) is 5.32 Å². The third kappa shape index (κ3) is 5.23. The van der Waals surface area contributed by atoms with Gasteiger partial charge in [-0.2, -0.15) is 0 Å². The number of rotatable bonds is 9. The van der Waals surface area contributed by atoms with Crippen LogP contribution in [0, 0.1) is 10.1 Å². The molecule has 106 valence electrons. The van der Waals surface area contributed by atoms with Crippen molar-refractivity contribution in [2.45, 2.75) is 26.3 Å². The molecular formula is C13H20N2O4. The maximum absolute atomic E-state index is 10.8. The molecule has 0 aliphatic carbocycles. The molecule has 0 unspecified atom stereocenters. The van der Waals surface area contributed by atoms with Crippen molar-refractivity contribution in [3.63, 3.8) is 0 Å². The molecule has 6 nitrogen and oxygen atoms in total. The third-order valence-electron chi connectivity index (χ3n) is 2.56. The van der Waals surface area contributed by atoms with Crippen molar-refractivity contribution >= 4 is 5.69 Å². The summed E-state index contributed by atoms with van der Waals surface area (Å²) in [5, 5.41) is 22.7. The van der Waals surface area contributed by atoms with Crippen LogP contribution >= 0.6 is 0 Å². The van der Waals surface area contributed by atoms with Crippen molar-refractivity contribution in [2.24, 2.45) is 0 Å². The number of nitro groups is 1. The van der Waals surface area contributed by atoms with E-state index in [0.29, 0.717) is 25.3 Å². The van der Waals surface area contributed by atoms with Crippen LogP contribution in [0.25, 0.3) is 0 Å². The molecule has 0 bridgehead atoms. The van der Waals surface area contributed by atoms with Crippen LogP contribution in [0.2, 0.25) is 0 Å². The molecule has 0 saturated heterocycles. The summed E-state index contributed by atoms with van der Waals surface area (Å²) in [4.78, 5) is 10.4. The lowest BCUT2D eigenvalue weighted by atomic mass is 10.1. The number of nitrogens with one attached hydrogen (secondary N) is 1. The summed E-state index contributed by atoms with van der Waals surface area (Å²) in [7, 11) is 0. The highest BCUT2D eigenvalue weighted by Gasteiger charge is 2.11. The van der Waals surface area contributed by atoms with E-state index in [0.717, 1.165) is 18.5 Å². The average Bonchev–Trinajstić information content (AvgIpc) is 2.40. The second kappa shape index (κ2) is 8.44. The topological polar surface area (TPSA) is 84.6 Å². The van der Waals surface area contributed by atoms with Crippen LogP contribution in [0.4, 0.5) is 5.69 Å². The fraction of sp³-hybridized carbons (Fsp3) is 0.538. The van der Waals surface area contributed by atoms with Crippen LogP contribution in [0.15, 0.2) is 18.2 Å². The van der Waals surface area contributed by atoms with Gasteiger partial charge in [-0.05, 0) is 19.0 Å². The number of ether oxygens (including phenoxy) is 1. The molecule has 1 aromatic carbocycles. The van der Waals surface area contributed by atoms with E-state index in [1.165, 1.54) is 12.1 Å². The monoisotopic (exact) mass is 268 g/mol. The van der Waals surface area contributed by atoms with Crippen LogP contribution in [0.3, 0.4) is 0 Å². The first-order valence-electron chi connectivity index (χ1n) is 6.40. The first-order valence-corrected chi connectivity index (χ1v) is 6.40. The maximum Gasteiger partial charge on any atom is 0.270 e. The van der Waals surface area contributed by atoms with E-state index in [-0.39, 0.29) is 12.3 Å². The van der Waals surface area contributed by atoms with Crippen LogP contribution in [-0.4, -0.2) is 29.8 Å². The van der Waals surface area contributed by atoms with Crippen LogP contribution in [-0.2, 0) is 6.54 Å². The standard InChI is InChI=1S/C13H20N2O4/c1-2-6-14-10-11-9-12(15(17)18)4-5-13(11)19-8-3-7-16/h4-5,9,14,16H,2-3,6-8,10H2,1H3. The largest absolute Gasteiger partial charge is 0.493 e. The first-order chi connectivity index (χ1) is 9.19. The van der Waals surface area contributed by atoms with Crippen molar-refractivity contribution in [3.05, 3.63) is 33.9 Å². The Morgan fingerprint density at radius 2 is 2.26 bits per heavy atom. The number of nitrogens with zero attached hydrogens (tertiary/aromatic N) is 1. The van der Waals surface area contributed by atoms with Crippen molar-refractivity contribution in [2.75, 3.05) is 19.8 Å². The van der Waals surface area contributed by atoms with Gasteiger partial charge in [0.05, 0.1) is 11.5 Å². The number of nitro benzene ring substituents is 1. The van der Waals surface area contributed by atoms with Crippen LogP contribution in [0.1, 0.15) is 25.3 Å². The van der Waals surface area contributed by atoms with Gasteiger partial charge in [0.2, 0.25) is 0 Å². The average molecular weight is 268 g/mol. The summed E-state index contributed by atoms with van der Waals surface area (Å²) in [5.74, 6) is 0.627. The summed E-state index contributed by atoms with van der Waals surface area (Å²) < 4.78 is 5.52. The lowest BCUT2D eigenvalue weighted by molar-refractivity contribution is -0.384. The Morgan fingerprint density at radius 3 is 2.89 bits per heavy atom. The highest BCUT2D eigenvalue weighted by molar-refractivity contribution is 5.43. The fourth-order valence-corrected chi connectivity index (χ4v) is 1.60. The van der Waals surface area contributed by atoms with E-state index >= 15 is 0 Å². The lowest BCUT2D eigenvalue weighted by Crippen LogP contribution is -2.15. The Kier molecular flexibility index (Phi) is 6.84. The normalized spacial score (nSPS) is 10.4. The Bertz CT molecular complexity index is 410. The van der Waals surface area contributed by atoms with Gasteiger partial charge in [0, 0.05) is 37.3 Å².